The maximum atomic E-state index is 11.4. The summed E-state index contributed by atoms with van der Waals surface area (Å²) in [4.78, 5) is 11.4. The van der Waals surface area contributed by atoms with Gasteiger partial charge in [-0.2, -0.15) is 5.10 Å². The topological polar surface area (TPSA) is 59.0 Å². The monoisotopic (exact) mass is 290 g/mol. The molecule has 2 unspecified atom stereocenters. The van der Waals surface area contributed by atoms with E-state index in [0.717, 1.165) is 18.1 Å². The molecule has 2 N–H and O–H groups in total. The van der Waals surface area contributed by atoms with Crippen LogP contribution in [0.1, 0.15) is 32.4 Å². The first kappa shape index (κ1) is 15.6. The molecule has 0 spiro atoms. The molecule has 0 bridgehead atoms. The van der Waals surface area contributed by atoms with E-state index in [1.54, 1.807) is 11.7 Å². The number of hydrogen-bond acceptors (Lipinski definition) is 3. The fraction of sp³-hybridized carbons (Fsp3) is 0.625. The van der Waals surface area contributed by atoms with E-state index in [1.807, 2.05) is 13.0 Å². The molecule has 21 heavy (non-hydrogen) atoms. The number of nitrogens with zero attached hydrogens (tertiary/aromatic N) is 2. The van der Waals surface area contributed by atoms with Gasteiger partial charge in [-0.15, -0.1) is 0 Å². The lowest BCUT2D eigenvalue weighted by Gasteiger charge is -2.28. The number of likely N-dealkylation sites (N-methyl/N-ethyl adjacent to an activating group) is 1. The molecule has 0 aromatic carbocycles. The number of aromatic nitrogens is 2. The average Bonchev–Trinajstić information content (AvgIpc) is 2.78. The minimum atomic E-state index is -0.0348. The van der Waals surface area contributed by atoms with Crippen LogP contribution in [0.5, 0.6) is 0 Å². The van der Waals surface area contributed by atoms with Crippen molar-refractivity contribution >= 4 is 11.7 Å². The van der Waals surface area contributed by atoms with Crippen molar-refractivity contribution in [1.29, 1.82) is 0 Å². The summed E-state index contributed by atoms with van der Waals surface area (Å²) < 4.78 is 1.73. The predicted octanol–water partition coefficient (Wildman–Crippen LogP) is 2.34. The number of amides is 1. The Bertz CT molecular complexity index is 532. The van der Waals surface area contributed by atoms with Crippen molar-refractivity contribution < 1.29 is 4.79 Å². The Kier molecular flexibility index (Phi) is 5.04. The van der Waals surface area contributed by atoms with Gasteiger partial charge < -0.3 is 10.6 Å². The summed E-state index contributed by atoms with van der Waals surface area (Å²) in [5.41, 5.74) is 2.47. The molecule has 1 aromatic heterocycles. The third-order valence-corrected chi connectivity index (χ3v) is 4.42. The van der Waals surface area contributed by atoms with Crippen molar-refractivity contribution in [3.8, 4) is 0 Å². The largest absolute Gasteiger partial charge is 0.368 e. The van der Waals surface area contributed by atoms with E-state index in [0.29, 0.717) is 11.8 Å². The second-order valence-electron chi connectivity index (χ2n) is 5.99. The number of allylic oxidation sites excluding steroid dienone is 1. The molecule has 2 rings (SSSR count). The molecule has 0 aliphatic heterocycles. The van der Waals surface area contributed by atoms with Gasteiger partial charge >= 0.3 is 0 Å². The lowest BCUT2D eigenvalue weighted by atomic mass is 9.80. The molecular weight excluding hydrogens is 264 g/mol. The SMILES string of the molecule is CNC(=O)Cn1nc(NCC2C(C)=CCCC2C)cc1C. The molecule has 1 aliphatic carbocycles. The summed E-state index contributed by atoms with van der Waals surface area (Å²) in [5, 5.41) is 10.5. The fourth-order valence-corrected chi connectivity index (χ4v) is 2.92. The van der Waals surface area contributed by atoms with Gasteiger partial charge in [0.2, 0.25) is 5.91 Å². The quantitative estimate of drug-likeness (QED) is 0.818. The molecule has 0 radical (unpaired) electrons. The maximum Gasteiger partial charge on any atom is 0.241 e. The average molecular weight is 290 g/mol. The normalized spacial score (nSPS) is 21.8. The maximum absolute atomic E-state index is 11.4. The van der Waals surface area contributed by atoms with Gasteiger partial charge in [0.15, 0.2) is 0 Å². The predicted molar refractivity (Wildman–Crippen MR) is 85.2 cm³/mol. The zero-order valence-electron chi connectivity index (χ0n) is 13.4. The van der Waals surface area contributed by atoms with E-state index in [2.05, 4.69) is 35.7 Å². The van der Waals surface area contributed by atoms with Gasteiger partial charge in [0.1, 0.15) is 12.4 Å². The Balaban J connectivity index is 1.97. The zero-order chi connectivity index (χ0) is 15.4. The Morgan fingerprint density at radius 3 is 2.90 bits per heavy atom. The van der Waals surface area contributed by atoms with Gasteiger partial charge in [-0.25, -0.2) is 0 Å². The van der Waals surface area contributed by atoms with E-state index in [1.165, 1.54) is 18.4 Å². The highest BCUT2D eigenvalue weighted by Gasteiger charge is 2.22. The first-order valence-corrected chi connectivity index (χ1v) is 7.66. The van der Waals surface area contributed by atoms with E-state index in [-0.39, 0.29) is 12.5 Å². The van der Waals surface area contributed by atoms with Crippen LogP contribution in [0, 0.1) is 18.8 Å². The van der Waals surface area contributed by atoms with Gasteiger partial charge in [-0.1, -0.05) is 18.6 Å². The first-order chi connectivity index (χ1) is 10.0. The molecule has 0 saturated carbocycles. The van der Waals surface area contributed by atoms with E-state index in [4.69, 9.17) is 0 Å². The molecule has 1 heterocycles. The Morgan fingerprint density at radius 1 is 1.48 bits per heavy atom. The first-order valence-electron chi connectivity index (χ1n) is 7.66. The molecule has 0 saturated heterocycles. The van der Waals surface area contributed by atoms with Crippen molar-refractivity contribution in [2.45, 2.75) is 40.2 Å². The summed E-state index contributed by atoms with van der Waals surface area (Å²) in [7, 11) is 1.64. The zero-order valence-corrected chi connectivity index (χ0v) is 13.4. The molecular formula is C16H26N4O. The van der Waals surface area contributed by atoms with Crippen LogP contribution in [-0.4, -0.2) is 29.3 Å². The van der Waals surface area contributed by atoms with Crippen LogP contribution in [-0.2, 0) is 11.3 Å². The Hall–Kier alpha value is -1.78. The molecule has 1 aromatic rings. The van der Waals surface area contributed by atoms with Crippen molar-refractivity contribution in [1.82, 2.24) is 15.1 Å². The molecule has 5 heteroatoms. The number of aryl methyl sites for hydroxylation is 1. The molecule has 1 amide bonds. The van der Waals surface area contributed by atoms with E-state index in [9.17, 15) is 4.79 Å². The number of nitrogens with one attached hydrogen (secondary N) is 2. The van der Waals surface area contributed by atoms with Gasteiger partial charge in [0, 0.05) is 25.4 Å². The lowest BCUT2D eigenvalue weighted by molar-refractivity contribution is -0.121. The number of rotatable bonds is 5. The highest BCUT2D eigenvalue weighted by atomic mass is 16.1. The van der Waals surface area contributed by atoms with Crippen LogP contribution in [0.25, 0.3) is 0 Å². The van der Waals surface area contributed by atoms with Crippen molar-refractivity contribution in [2.75, 3.05) is 18.9 Å². The Morgan fingerprint density at radius 2 is 2.24 bits per heavy atom. The molecule has 116 valence electrons. The number of carbonyl (C=O) groups is 1. The summed E-state index contributed by atoms with van der Waals surface area (Å²) in [6.07, 6.45) is 4.80. The minimum Gasteiger partial charge on any atom is -0.368 e. The smallest absolute Gasteiger partial charge is 0.241 e. The molecule has 2 atom stereocenters. The molecule has 5 nitrogen and oxygen atoms in total. The second-order valence-corrected chi connectivity index (χ2v) is 5.99. The van der Waals surface area contributed by atoms with Crippen LogP contribution >= 0.6 is 0 Å². The van der Waals surface area contributed by atoms with E-state index >= 15 is 0 Å². The van der Waals surface area contributed by atoms with Crippen LogP contribution in [0.15, 0.2) is 17.7 Å². The number of carbonyl (C=O) groups excluding carboxylic acids is 1. The van der Waals surface area contributed by atoms with Crippen molar-refractivity contribution in [2.24, 2.45) is 11.8 Å². The van der Waals surface area contributed by atoms with Crippen LogP contribution in [0.4, 0.5) is 5.82 Å². The van der Waals surface area contributed by atoms with Gasteiger partial charge in [-0.3, -0.25) is 9.48 Å². The van der Waals surface area contributed by atoms with Crippen LogP contribution in [0.3, 0.4) is 0 Å². The highest BCUT2D eigenvalue weighted by molar-refractivity contribution is 5.75. The fourth-order valence-electron chi connectivity index (χ4n) is 2.92. The number of hydrogen-bond donors (Lipinski definition) is 2. The van der Waals surface area contributed by atoms with Crippen LogP contribution < -0.4 is 10.6 Å². The summed E-state index contributed by atoms with van der Waals surface area (Å²) >= 11 is 0. The number of anilines is 1. The lowest BCUT2D eigenvalue weighted by Crippen LogP contribution is -2.25. The minimum absolute atomic E-state index is 0.0348. The summed E-state index contributed by atoms with van der Waals surface area (Å²) in [6, 6.07) is 2.00. The highest BCUT2D eigenvalue weighted by Crippen LogP contribution is 2.30. The molecule has 0 fully saturated rings. The van der Waals surface area contributed by atoms with Crippen molar-refractivity contribution in [3.63, 3.8) is 0 Å². The Labute approximate surface area is 126 Å². The third-order valence-electron chi connectivity index (χ3n) is 4.42. The summed E-state index contributed by atoms with van der Waals surface area (Å²) in [5.74, 6) is 2.09. The van der Waals surface area contributed by atoms with Crippen molar-refractivity contribution in [3.05, 3.63) is 23.4 Å². The van der Waals surface area contributed by atoms with Crippen LogP contribution in [0.2, 0.25) is 0 Å². The standard InChI is InChI=1S/C16H26N4O/c1-11-6-5-7-12(2)14(11)9-18-15-8-13(3)20(19-15)10-16(21)17-4/h6,8,12,14H,5,7,9-10H2,1-4H3,(H,17,21)(H,18,19). The third kappa shape index (κ3) is 3.86. The van der Waals surface area contributed by atoms with E-state index < -0.39 is 0 Å². The second kappa shape index (κ2) is 6.78. The summed E-state index contributed by atoms with van der Waals surface area (Å²) in [6.45, 7) is 7.67. The molecule has 1 aliphatic rings. The van der Waals surface area contributed by atoms with Gasteiger partial charge in [0.05, 0.1) is 0 Å². The van der Waals surface area contributed by atoms with Gasteiger partial charge in [-0.05, 0) is 38.5 Å². The van der Waals surface area contributed by atoms with Gasteiger partial charge in [0.25, 0.3) is 0 Å².